The molecule has 6 nitrogen and oxygen atoms in total. The molecule has 0 spiro atoms. The first-order valence-corrected chi connectivity index (χ1v) is 15.1. The van der Waals surface area contributed by atoms with Gasteiger partial charge < -0.3 is 28.8 Å². The Morgan fingerprint density at radius 1 is 0.725 bits per heavy atom. The van der Waals surface area contributed by atoms with Crippen LogP contribution < -0.4 is 0 Å². The molecule has 1 fully saturated rings. The highest BCUT2D eigenvalue weighted by molar-refractivity contribution is 9.10. The van der Waals surface area contributed by atoms with E-state index in [1.54, 1.807) is 0 Å². The zero-order valence-electron chi connectivity index (χ0n) is 22.1. The topological polar surface area (TPSA) is 66.4 Å². The molecule has 0 aromatic heterocycles. The Bertz CT molecular complexity index is 1200. The average Bonchev–Trinajstić information content (AvgIpc) is 3.19. The quantitative estimate of drug-likeness (QED) is 0.239. The molecule has 1 N–H and O–H groups in total. The van der Waals surface area contributed by atoms with Crippen LogP contribution in [0.3, 0.4) is 0 Å². The van der Waals surface area contributed by atoms with Gasteiger partial charge in [0.15, 0.2) is 0 Å². The molecule has 0 unspecified atom stereocenters. The first kappa shape index (κ1) is 29.6. The normalized spacial score (nSPS) is 26.3. The zero-order chi connectivity index (χ0) is 27.7. The number of aliphatic hydroxyl groups is 1. The summed E-state index contributed by atoms with van der Waals surface area (Å²) >= 11 is 6.95. The van der Waals surface area contributed by atoms with E-state index < -0.39 is 24.4 Å². The minimum Gasteiger partial charge on any atom is -0.394 e. The molecule has 0 amide bonds. The third-order valence-corrected chi connectivity index (χ3v) is 8.12. The van der Waals surface area contributed by atoms with Gasteiger partial charge in [0, 0.05) is 8.95 Å². The van der Waals surface area contributed by atoms with E-state index in [4.69, 9.17) is 23.7 Å². The van der Waals surface area contributed by atoms with E-state index in [2.05, 4.69) is 37.9 Å². The Morgan fingerprint density at radius 3 is 1.98 bits per heavy atom. The fourth-order valence-electron chi connectivity index (χ4n) is 5.00. The van der Waals surface area contributed by atoms with Gasteiger partial charge in [-0.1, -0.05) is 98.6 Å². The van der Waals surface area contributed by atoms with Gasteiger partial charge in [0.1, 0.15) is 24.4 Å². The molecule has 5 rings (SSSR count). The summed E-state index contributed by atoms with van der Waals surface area (Å²) in [7, 11) is 0. The van der Waals surface area contributed by atoms with Crippen LogP contribution in [0.2, 0.25) is 0 Å². The van der Waals surface area contributed by atoms with E-state index in [1.807, 2.05) is 84.9 Å². The average molecular weight is 674 g/mol. The Hall–Kier alpha value is -1.88. The Labute approximate surface area is 252 Å². The second kappa shape index (κ2) is 14.8. The minimum absolute atomic E-state index is 0.178. The van der Waals surface area contributed by atoms with Crippen LogP contribution in [0.1, 0.15) is 23.1 Å². The van der Waals surface area contributed by atoms with Gasteiger partial charge in [0.05, 0.1) is 45.2 Å². The van der Waals surface area contributed by atoms with Crippen LogP contribution in [0.15, 0.2) is 100.0 Å². The standard InChI is InChI=1S/C32H34Br2O6/c33-25-13-9-23(10-14-25)18-36-21-27-7-4-8-28-31(39-27)32(38-19-22-5-2-1-3-6-22)30(29(17-35)40-28)37-20-24-11-15-26(34)16-12-24/h1-7,9-16,27-32,35H,8,17-21H2/t27-,28+,29-,30-,31+,32+/m1/s1. The maximum Gasteiger partial charge on any atom is 0.115 e. The van der Waals surface area contributed by atoms with Crippen molar-refractivity contribution in [3.8, 4) is 0 Å². The number of hydrogen-bond acceptors (Lipinski definition) is 6. The van der Waals surface area contributed by atoms with Crippen molar-refractivity contribution in [3.05, 3.63) is 117 Å². The van der Waals surface area contributed by atoms with Gasteiger partial charge >= 0.3 is 0 Å². The van der Waals surface area contributed by atoms with Crippen LogP contribution in [0.4, 0.5) is 0 Å². The first-order chi connectivity index (χ1) is 19.6. The summed E-state index contributed by atoms with van der Waals surface area (Å²) < 4.78 is 34.1. The minimum atomic E-state index is -0.542. The Kier molecular flexibility index (Phi) is 11.0. The van der Waals surface area contributed by atoms with Crippen molar-refractivity contribution in [2.24, 2.45) is 0 Å². The van der Waals surface area contributed by atoms with Crippen LogP contribution in [0.25, 0.3) is 0 Å². The van der Waals surface area contributed by atoms with Crippen molar-refractivity contribution in [3.63, 3.8) is 0 Å². The number of benzene rings is 3. The molecule has 6 atom stereocenters. The molecule has 8 heteroatoms. The van der Waals surface area contributed by atoms with E-state index in [9.17, 15) is 5.11 Å². The highest BCUT2D eigenvalue weighted by Crippen LogP contribution is 2.33. The third kappa shape index (κ3) is 8.11. The number of rotatable bonds is 11. The number of ether oxygens (including phenoxy) is 5. The predicted molar refractivity (Wildman–Crippen MR) is 160 cm³/mol. The molecule has 40 heavy (non-hydrogen) atoms. The molecule has 0 radical (unpaired) electrons. The smallest absolute Gasteiger partial charge is 0.115 e. The van der Waals surface area contributed by atoms with Crippen molar-refractivity contribution >= 4 is 31.9 Å². The largest absolute Gasteiger partial charge is 0.394 e. The maximum atomic E-state index is 10.3. The monoisotopic (exact) mass is 672 g/mol. The number of fused-ring (bicyclic) bond motifs is 1. The summed E-state index contributed by atoms with van der Waals surface area (Å²) in [5.74, 6) is 0. The van der Waals surface area contributed by atoms with Crippen molar-refractivity contribution in [2.45, 2.75) is 62.9 Å². The van der Waals surface area contributed by atoms with Gasteiger partial charge in [-0.3, -0.25) is 0 Å². The van der Waals surface area contributed by atoms with Crippen molar-refractivity contribution in [1.29, 1.82) is 0 Å². The molecular formula is C32H34Br2O6. The van der Waals surface area contributed by atoms with Gasteiger partial charge in [0.2, 0.25) is 0 Å². The molecule has 3 aromatic carbocycles. The molecule has 1 saturated heterocycles. The lowest BCUT2D eigenvalue weighted by Crippen LogP contribution is -2.61. The molecule has 2 aliphatic heterocycles. The highest BCUT2D eigenvalue weighted by atomic mass is 79.9. The van der Waals surface area contributed by atoms with Crippen molar-refractivity contribution in [1.82, 2.24) is 0 Å². The summed E-state index contributed by atoms with van der Waals surface area (Å²) in [6.45, 7) is 1.47. The lowest BCUT2D eigenvalue weighted by atomic mass is 9.93. The molecule has 0 saturated carbocycles. The number of aliphatic hydroxyl groups excluding tert-OH is 1. The van der Waals surface area contributed by atoms with Gasteiger partial charge in [0.25, 0.3) is 0 Å². The van der Waals surface area contributed by atoms with Crippen LogP contribution >= 0.6 is 31.9 Å². The van der Waals surface area contributed by atoms with Crippen molar-refractivity contribution in [2.75, 3.05) is 13.2 Å². The third-order valence-electron chi connectivity index (χ3n) is 7.07. The zero-order valence-corrected chi connectivity index (χ0v) is 25.3. The second-order valence-corrected chi connectivity index (χ2v) is 11.8. The van der Waals surface area contributed by atoms with Crippen molar-refractivity contribution < 1.29 is 28.8 Å². The maximum absolute atomic E-state index is 10.3. The Morgan fingerprint density at radius 2 is 1.32 bits per heavy atom. The molecule has 2 heterocycles. The number of hydrogen-bond donors (Lipinski definition) is 1. The Balaban J connectivity index is 1.31. The molecule has 0 aliphatic carbocycles. The summed E-state index contributed by atoms with van der Waals surface area (Å²) in [5.41, 5.74) is 3.17. The van der Waals surface area contributed by atoms with Gasteiger partial charge in [-0.05, 0) is 47.4 Å². The van der Waals surface area contributed by atoms with E-state index in [-0.39, 0.29) is 18.8 Å². The molecule has 2 aliphatic rings. The molecule has 212 valence electrons. The number of halogens is 2. The van der Waals surface area contributed by atoms with E-state index in [0.29, 0.717) is 32.8 Å². The first-order valence-electron chi connectivity index (χ1n) is 13.5. The summed E-state index contributed by atoms with van der Waals surface area (Å²) in [5, 5.41) is 10.3. The second-order valence-electron chi connectivity index (χ2n) is 10.0. The van der Waals surface area contributed by atoms with Crippen LogP contribution in [-0.4, -0.2) is 54.9 Å². The molecular weight excluding hydrogens is 640 g/mol. The van der Waals surface area contributed by atoms with E-state index >= 15 is 0 Å². The lowest BCUT2D eigenvalue weighted by Gasteiger charge is -2.46. The summed E-state index contributed by atoms with van der Waals surface area (Å²) in [4.78, 5) is 0. The SMILES string of the molecule is OC[C@H]1O[C@H]2CC=C[C@H](COCc3ccc(Br)cc3)O[C@@H]2[C@@H](OCc2ccccc2)[C@@H]1OCc1ccc(Br)cc1. The fourth-order valence-corrected chi connectivity index (χ4v) is 5.53. The fraction of sp³-hybridized carbons (Fsp3) is 0.375. The van der Waals surface area contributed by atoms with E-state index in [1.165, 1.54) is 0 Å². The highest BCUT2D eigenvalue weighted by Gasteiger charge is 2.48. The summed E-state index contributed by atoms with van der Waals surface area (Å²) in [6, 6.07) is 26.1. The van der Waals surface area contributed by atoms with E-state index in [0.717, 1.165) is 25.6 Å². The molecule has 0 bridgehead atoms. The summed E-state index contributed by atoms with van der Waals surface area (Å²) in [6.07, 6.45) is 2.27. The van der Waals surface area contributed by atoms with Gasteiger partial charge in [-0.25, -0.2) is 0 Å². The van der Waals surface area contributed by atoms with Crippen LogP contribution in [0, 0.1) is 0 Å². The predicted octanol–water partition coefficient (Wildman–Crippen LogP) is 6.37. The van der Waals surface area contributed by atoms with Crippen LogP contribution in [0.5, 0.6) is 0 Å². The lowest BCUT2D eigenvalue weighted by molar-refractivity contribution is -0.272. The molecule has 3 aromatic rings. The van der Waals surface area contributed by atoms with Gasteiger partial charge in [-0.15, -0.1) is 0 Å². The van der Waals surface area contributed by atoms with Crippen LogP contribution in [-0.2, 0) is 43.5 Å². The van der Waals surface area contributed by atoms with Gasteiger partial charge in [-0.2, -0.15) is 0 Å².